The Morgan fingerprint density at radius 3 is 2.83 bits per heavy atom. The molecule has 0 aliphatic rings. The lowest BCUT2D eigenvalue weighted by Crippen LogP contribution is -1.93. The molecule has 12 heavy (non-hydrogen) atoms. The molecule has 1 atom stereocenters. The third-order valence-electron chi connectivity index (χ3n) is 1.63. The summed E-state index contributed by atoms with van der Waals surface area (Å²) in [5.74, 6) is 0.595. The number of aliphatic hydroxyl groups is 1. The molecular formula is C9H8O2S. The van der Waals surface area contributed by atoms with Crippen LogP contribution in [-0.2, 0) is 0 Å². The topological polar surface area (TPSA) is 33.4 Å². The molecular weight excluding hydrogens is 172 g/mol. The molecule has 0 aliphatic carbocycles. The van der Waals surface area contributed by atoms with Crippen molar-refractivity contribution in [3.63, 3.8) is 0 Å². The molecule has 0 radical (unpaired) electrons. The molecule has 1 N–H and O–H groups in total. The minimum absolute atomic E-state index is 0.595. The first-order valence-electron chi connectivity index (χ1n) is 3.63. The third-order valence-corrected chi connectivity index (χ3v) is 2.55. The Labute approximate surface area is 74.1 Å². The Morgan fingerprint density at radius 1 is 1.33 bits per heavy atom. The van der Waals surface area contributed by atoms with Crippen molar-refractivity contribution in [3.05, 3.63) is 46.5 Å². The SMILES string of the molecule is OC(c1ccco1)c1cccs1. The maximum absolute atomic E-state index is 9.69. The summed E-state index contributed by atoms with van der Waals surface area (Å²) in [6.45, 7) is 0. The highest BCUT2D eigenvalue weighted by atomic mass is 32.1. The van der Waals surface area contributed by atoms with Crippen molar-refractivity contribution >= 4 is 11.3 Å². The van der Waals surface area contributed by atoms with E-state index >= 15 is 0 Å². The molecule has 0 aliphatic heterocycles. The van der Waals surface area contributed by atoms with E-state index in [-0.39, 0.29) is 0 Å². The highest BCUT2D eigenvalue weighted by Gasteiger charge is 2.12. The average molecular weight is 180 g/mol. The van der Waals surface area contributed by atoms with Gasteiger partial charge >= 0.3 is 0 Å². The summed E-state index contributed by atoms with van der Waals surface area (Å²) in [7, 11) is 0. The summed E-state index contributed by atoms with van der Waals surface area (Å²) in [5.41, 5.74) is 0. The fourth-order valence-electron chi connectivity index (χ4n) is 1.03. The van der Waals surface area contributed by atoms with E-state index in [0.29, 0.717) is 5.76 Å². The second-order valence-electron chi connectivity index (χ2n) is 2.43. The highest BCUT2D eigenvalue weighted by molar-refractivity contribution is 7.10. The van der Waals surface area contributed by atoms with Gasteiger partial charge in [-0.15, -0.1) is 11.3 Å². The van der Waals surface area contributed by atoms with Gasteiger partial charge in [0.1, 0.15) is 11.9 Å². The molecule has 0 saturated heterocycles. The minimum atomic E-state index is -0.611. The second-order valence-corrected chi connectivity index (χ2v) is 3.41. The van der Waals surface area contributed by atoms with E-state index in [1.807, 2.05) is 17.5 Å². The molecule has 2 heterocycles. The molecule has 0 saturated carbocycles. The van der Waals surface area contributed by atoms with Gasteiger partial charge in [0.15, 0.2) is 0 Å². The van der Waals surface area contributed by atoms with E-state index in [4.69, 9.17) is 4.42 Å². The van der Waals surface area contributed by atoms with Crippen molar-refractivity contribution in [1.29, 1.82) is 0 Å². The van der Waals surface area contributed by atoms with Gasteiger partial charge < -0.3 is 9.52 Å². The van der Waals surface area contributed by atoms with Gasteiger partial charge in [-0.1, -0.05) is 6.07 Å². The lowest BCUT2D eigenvalue weighted by Gasteiger charge is -2.02. The van der Waals surface area contributed by atoms with Crippen LogP contribution < -0.4 is 0 Å². The Hall–Kier alpha value is -1.06. The largest absolute Gasteiger partial charge is 0.466 e. The van der Waals surface area contributed by atoms with Crippen LogP contribution in [-0.4, -0.2) is 5.11 Å². The molecule has 2 nitrogen and oxygen atoms in total. The number of thiophene rings is 1. The van der Waals surface area contributed by atoms with E-state index in [2.05, 4.69) is 0 Å². The van der Waals surface area contributed by atoms with Gasteiger partial charge in [-0.05, 0) is 23.6 Å². The normalized spacial score (nSPS) is 13.1. The van der Waals surface area contributed by atoms with E-state index in [0.717, 1.165) is 4.88 Å². The van der Waals surface area contributed by atoms with Gasteiger partial charge in [0.25, 0.3) is 0 Å². The van der Waals surface area contributed by atoms with Crippen LogP contribution in [0.25, 0.3) is 0 Å². The lowest BCUT2D eigenvalue weighted by atomic mass is 10.2. The summed E-state index contributed by atoms with van der Waals surface area (Å²) in [6, 6.07) is 7.33. The first-order chi connectivity index (χ1) is 5.88. The maximum Gasteiger partial charge on any atom is 0.146 e. The first-order valence-corrected chi connectivity index (χ1v) is 4.51. The van der Waals surface area contributed by atoms with Gasteiger partial charge in [0.2, 0.25) is 0 Å². The Morgan fingerprint density at radius 2 is 2.25 bits per heavy atom. The number of aliphatic hydroxyl groups excluding tert-OH is 1. The van der Waals surface area contributed by atoms with Crippen LogP contribution in [0.5, 0.6) is 0 Å². The van der Waals surface area contributed by atoms with Crippen LogP contribution in [0.3, 0.4) is 0 Å². The Balaban J connectivity index is 2.27. The van der Waals surface area contributed by atoms with E-state index in [9.17, 15) is 5.11 Å². The standard InChI is InChI=1S/C9H8O2S/c10-9(7-3-1-5-11-7)8-4-2-6-12-8/h1-6,9-10H. The molecule has 0 bridgehead atoms. The average Bonchev–Trinajstić information content (AvgIpc) is 2.77. The van der Waals surface area contributed by atoms with Crippen molar-refractivity contribution in [1.82, 2.24) is 0 Å². The summed E-state index contributed by atoms with van der Waals surface area (Å²) < 4.78 is 5.08. The maximum atomic E-state index is 9.69. The number of furan rings is 1. The summed E-state index contributed by atoms with van der Waals surface area (Å²) in [4.78, 5) is 0.907. The monoisotopic (exact) mass is 180 g/mol. The molecule has 2 aromatic heterocycles. The van der Waals surface area contributed by atoms with Crippen molar-refractivity contribution in [2.75, 3.05) is 0 Å². The molecule has 1 unspecified atom stereocenters. The van der Waals surface area contributed by atoms with Crippen molar-refractivity contribution < 1.29 is 9.52 Å². The smallest absolute Gasteiger partial charge is 0.146 e. The second kappa shape index (κ2) is 3.13. The quantitative estimate of drug-likeness (QED) is 0.770. The molecule has 62 valence electrons. The lowest BCUT2D eigenvalue weighted by molar-refractivity contribution is 0.193. The van der Waals surface area contributed by atoms with E-state index in [1.165, 1.54) is 11.3 Å². The van der Waals surface area contributed by atoms with Crippen LogP contribution in [0.4, 0.5) is 0 Å². The zero-order chi connectivity index (χ0) is 8.39. The van der Waals surface area contributed by atoms with Gasteiger partial charge in [-0.2, -0.15) is 0 Å². The summed E-state index contributed by atoms with van der Waals surface area (Å²) in [5, 5.41) is 11.6. The first kappa shape index (κ1) is 7.58. The van der Waals surface area contributed by atoms with Crippen LogP contribution >= 0.6 is 11.3 Å². The van der Waals surface area contributed by atoms with E-state index < -0.39 is 6.10 Å². The predicted octanol–water partition coefficient (Wildman–Crippen LogP) is 2.42. The predicted molar refractivity (Wildman–Crippen MR) is 47.1 cm³/mol. The van der Waals surface area contributed by atoms with Crippen LogP contribution in [0, 0.1) is 0 Å². The Kier molecular flexibility index (Phi) is 1.98. The van der Waals surface area contributed by atoms with Crippen molar-refractivity contribution in [3.8, 4) is 0 Å². The molecule has 2 rings (SSSR count). The van der Waals surface area contributed by atoms with Gasteiger partial charge in [0, 0.05) is 4.88 Å². The van der Waals surface area contributed by atoms with Crippen LogP contribution in [0.15, 0.2) is 40.3 Å². The molecule has 0 aromatic carbocycles. The van der Waals surface area contributed by atoms with E-state index in [1.54, 1.807) is 18.4 Å². The van der Waals surface area contributed by atoms with Gasteiger partial charge in [-0.3, -0.25) is 0 Å². The summed E-state index contributed by atoms with van der Waals surface area (Å²) >= 11 is 1.52. The third kappa shape index (κ3) is 1.29. The zero-order valence-electron chi connectivity index (χ0n) is 6.31. The molecule has 0 amide bonds. The fraction of sp³-hybridized carbons (Fsp3) is 0.111. The van der Waals surface area contributed by atoms with Crippen molar-refractivity contribution in [2.24, 2.45) is 0 Å². The van der Waals surface area contributed by atoms with Crippen LogP contribution in [0.1, 0.15) is 16.7 Å². The molecule has 3 heteroatoms. The minimum Gasteiger partial charge on any atom is -0.466 e. The number of hydrogen-bond donors (Lipinski definition) is 1. The van der Waals surface area contributed by atoms with Crippen LogP contribution in [0.2, 0.25) is 0 Å². The van der Waals surface area contributed by atoms with Gasteiger partial charge in [0.05, 0.1) is 6.26 Å². The number of hydrogen-bond acceptors (Lipinski definition) is 3. The number of rotatable bonds is 2. The molecule has 0 fully saturated rings. The summed E-state index contributed by atoms with van der Waals surface area (Å²) in [6.07, 6.45) is 0.951. The molecule has 0 spiro atoms. The zero-order valence-corrected chi connectivity index (χ0v) is 7.12. The highest BCUT2D eigenvalue weighted by Crippen LogP contribution is 2.25. The molecule has 2 aromatic rings. The Bertz CT molecular complexity index is 289. The van der Waals surface area contributed by atoms with Gasteiger partial charge in [-0.25, -0.2) is 0 Å². The fourth-order valence-corrected chi connectivity index (χ4v) is 1.75. The van der Waals surface area contributed by atoms with Crippen molar-refractivity contribution in [2.45, 2.75) is 6.10 Å².